The normalized spacial score (nSPS) is 14.0. The number of nitrogens with one attached hydrogen (secondary N) is 1. The van der Waals surface area contributed by atoms with E-state index in [4.69, 9.17) is 41.7 Å². The first kappa shape index (κ1) is 72.7. The van der Waals surface area contributed by atoms with E-state index in [0.717, 1.165) is 101 Å². The van der Waals surface area contributed by atoms with Crippen molar-refractivity contribution in [2.24, 2.45) is 0 Å². The van der Waals surface area contributed by atoms with E-state index < -0.39 is 0 Å². The molecule has 1 unspecified atom stereocenters. The van der Waals surface area contributed by atoms with Crippen LogP contribution in [0.4, 0.5) is 17.5 Å². The number of H-pyrrole nitrogens is 1. The molecule has 3 aliphatic heterocycles. The first-order valence-corrected chi connectivity index (χ1v) is 32.1. The van der Waals surface area contributed by atoms with Crippen LogP contribution in [0.1, 0.15) is 134 Å². The highest BCUT2D eigenvalue weighted by Gasteiger charge is 2.24. The van der Waals surface area contributed by atoms with Crippen LogP contribution < -0.4 is 32.4 Å². The van der Waals surface area contributed by atoms with Gasteiger partial charge >= 0.3 is 5.69 Å². The summed E-state index contributed by atoms with van der Waals surface area (Å²) in [6, 6.07) is 26.7. The van der Waals surface area contributed by atoms with Crippen LogP contribution in [-0.2, 0) is 58.5 Å². The average Bonchev–Trinajstić information content (AvgIpc) is 1.65. The predicted molar refractivity (Wildman–Crippen MR) is 391 cm³/mol. The van der Waals surface area contributed by atoms with Crippen LogP contribution in [-0.4, -0.2) is 113 Å². The lowest BCUT2D eigenvalue weighted by molar-refractivity contribution is 0.300. The van der Waals surface area contributed by atoms with Gasteiger partial charge in [-0.3, -0.25) is 13.7 Å². The number of aliphatic hydroxyl groups is 1. The van der Waals surface area contributed by atoms with Crippen molar-refractivity contribution >= 4 is 60.8 Å². The van der Waals surface area contributed by atoms with E-state index in [1.54, 1.807) is 23.2 Å². The molecule has 512 valence electrons. The maximum absolute atomic E-state index is 12.6. The van der Waals surface area contributed by atoms with E-state index in [-0.39, 0.29) is 43.7 Å². The lowest BCUT2D eigenvalue weighted by Gasteiger charge is -2.12. The Bertz CT molecular complexity index is 4630. The molecule has 0 spiro atoms. The minimum Gasteiger partial charge on any atom is -0.465 e. The summed E-state index contributed by atoms with van der Waals surface area (Å²) in [7, 11) is 1.00. The Morgan fingerprint density at radius 1 is 0.474 bits per heavy atom. The summed E-state index contributed by atoms with van der Waals surface area (Å²) in [5, 5.41) is 7.00. The number of benzene rings is 3. The second-order valence-electron chi connectivity index (χ2n) is 23.1. The second kappa shape index (κ2) is 34.0. The van der Waals surface area contributed by atoms with Crippen LogP contribution in [0.2, 0.25) is 0 Å². The van der Waals surface area contributed by atoms with Gasteiger partial charge in [0.05, 0.1) is 32.8 Å². The molecule has 1 atom stereocenters. The Kier molecular flexibility index (Phi) is 25.5. The topological polar surface area (TPSA) is 321 Å². The average molecular weight is 1340 g/mol. The summed E-state index contributed by atoms with van der Waals surface area (Å²) in [5.74, 6) is 4.48. The van der Waals surface area contributed by atoms with Crippen molar-refractivity contribution in [3.8, 4) is 47.0 Å². The first-order chi connectivity index (χ1) is 45.6. The molecule has 8 N–H and O–H groups in total. The number of fused-ring (bicyclic) bond motifs is 15. The van der Waals surface area contributed by atoms with Crippen molar-refractivity contribution in [2.45, 2.75) is 159 Å². The van der Waals surface area contributed by atoms with Gasteiger partial charge in [-0.1, -0.05) is 133 Å². The van der Waals surface area contributed by atoms with Crippen molar-refractivity contribution < 1.29 is 14.6 Å². The zero-order valence-corrected chi connectivity index (χ0v) is 55.0. The Morgan fingerprint density at radius 2 is 0.876 bits per heavy atom. The summed E-state index contributed by atoms with van der Waals surface area (Å²) in [6.07, 6.45) is 30.0. The van der Waals surface area contributed by atoms with Gasteiger partial charge in [-0.2, -0.15) is 19.9 Å². The summed E-state index contributed by atoms with van der Waals surface area (Å²) in [5.41, 5.74) is 29.3. The number of ether oxygens (including phenoxy) is 2. The molecule has 3 aliphatic rings. The zero-order valence-electron chi connectivity index (χ0n) is 53.6. The number of hydrogen-bond acceptors (Lipinski definition) is 18. The van der Waals surface area contributed by atoms with Crippen molar-refractivity contribution in [3.63, 3.8) is 0 Å². The minimum absolute atomic E-state index is 0. The van der Waals surface area contributed by atoms with E-state index in [1.165, 1.54) is 47.9 Å². The van der Waals surface area contributed by atoms with Crippen molar-refractivity contribution in [1.82, 2.24) is 87.2 Å². The Morgan fingerprint density at radius 3 is 1.35 bits per heavy atom. The van der Waals surface area contributed by atoms with E-state index in [0.29, 0.717) is 119 Å². The lowest BCUT2D eigenvalue weighted by atomic mass is 10.0. The number of aromatic amines is 1. The molecule has 0 aliphatic carbocycles. The molecule has 0 fully saturated rings. The Labute approximate surface area is 569 Å². The van der Waals surface area contributed by atoms with E-state index in [9.17, 15) is 4.79 Å². The number of hydrogen-bond donors (Lipinski definition) is 5. The van der Waals surface area contributed by atoms with Crippen LogP contribution in [0.5, 0.6) is 12.0 Å². The van der Waals surface area contributed by atoms with Crippen LogP contribution in [0.25, 0.3) is 68.4 Å². The second-order valence-corrected chi connectivity index (χ2v) is 23.1. The highest BCUT2D eigenvalue weighted by Crippen LogP contribution is 2.31. The molecule has 0 amide bonds. The van der Waals surface area contributed by atoms with Crippen LogP contribution in [0, 0.1) is 0 Å². The molecule has 12 aromatic rings. The maximum atomic E-state index is 12.6. The maximum Gasteiger partial charge on any atom is 0.328 e. The number of nitrogens with zero attached hydrogens (tertiary/aromatic N) is 17. The zero-order chi connectivity index (χ0) is 64.2. The molecule has 0 radical (unpaired) electrons. The van der Waals surface area contributed by atoms with Gasteiger partial charge in [0, 0.05) is 63.9 Å². The molecule has 12 bridgehead atoms. The molecule has 26 heteroatoms. The van der Waals surface area contributed by atoms with E-state index >= 15 is 0 Å². The molecule has 0 saturated heterocycles. The summed E-state index contributed by atoms with van der Waals surface area (Å²) < 4.78 is 23.5. The quantitative estimate of drug-likeness (QED) is 0.0807. The molecular weight excluding hydrogens is 1240 g/mol. The van der Waals surface area contributed by atoms with Gasteiger partial charge in [-0.25, -0.2) is 49.7 Å². The monoisotopic (exact) mass is 1340 g/mol. The number of aromatic nitrogens is 18. The molecule has 0 saturated carbocycles. The number of nitrogens with two attached hydrogens (primary N) is 3. The molecule has 15 rings (SSSR count). The minimum atomic E-state index is -0.243. The molecule has 25 nitrogen and oxygen atoms in total. The van der Waals surface area contributed by atoms with Crippen LogP contribution in [0.3, 0.4) is 0 Å². The smallest absolute Gasteiger partial charge is 0.328 e. The van der Waals surface area contributed by atoms with Crippen molar-refractivity contribution in [1.29, 1.82) is 0 Å². The number of allylic oxidation sites excluding steroid dienone is 2. The standard InChI is InChI=1S/C23H27N7O.C23H25N7O.C21H23N7O.CH4O.3CH4.H3P/c2*1-2-31-23-26-18-19(24)27-20-22-25-11-13-29(22)12-6-4-3-5-8-16-9-7-10-17(14-16)15-30(23)21(18)28-20;22-17-16-19-26-18(25-17)20-23-9-11-27(20)10-4-2-1-3-6-14-7-5-8-15(12-14)13-28(19)21(29)24-16;1-2;;;;/h7,9-11,13-14H,2-6,8,12,15H2,1H3,(H2,24,27,28);3,5,7,9-11,13-14H,2,4,6,8,12,15H2,1H3,(H2,24,27,28);5,7-9,11-12H,1-4,6,10,13H2,(H,24,29)(H2,22,25,26);2H,1H3;3*1H4;1H3/b;5-3+;;;;;;. The van der Waals surface area contributed by atoms with Crippen molar-refractivity contribution in [3.05, 3.63) is 166 Å². The summed E-state index contributed by atoms with van der Waals surface area (Å²) in [6.45, 7) is 9.06. The molecule has 3 aromatic carbocycles. The predicted octanol–water partition coefficient (Wildman–Crippen LogP) is 11.8. The molecular formula is C71H94N21O4P. The van der Waals surface area contributed by atoms with Gasteiger partial charge in [-0.15, -0.1) is 0 Å². The van der Waals surface area contributed by atoms with Gasteiger partial charge in [0.2, 0.25) is 0 Å². The third-order valence-electron chi connectivity index (χ3n) is 16.6. The number of anilines is 3. The molecule has 9 aromatic heterocycles. The lowest BCUT2D eigenvalue weighted by Crippen LogP contribution is -2.18. The van der Waals surface area contributed by atoms with Crippen LogP contribution in [0.15, 0.2) is 127 Å². The van der Waals surface area contributed by atoms with Gasteiger partial charge in [0.15, 0.2) is 80.4 Å². The fraction of sp³-hybridized carbons (Fsp3) is 0.380. The third kappa shape index (κ3) is 16.6. The van der Waals surface area contributed by atoms with E-state index in [1.807, 2.05) is 47.6 Å². The number of rotatable bonds is 4. The number of nitrogen functional groups attached to an aromatic ring is 3. The fourth-order valence-corrected chi connectivity index (χ4v) is 12.2. The van der Waals surface area contributed by atoms with E-state index in [2.05, 4.69) is 142 Å². The highest BCUT2D eigenvalue weighted by molar-refractivity contribution is 6.92. The third-order valence-corrected chi connectivity index (χ3v) is 16.6. The fourth-order valence-electron chi connectivity index (χ4n) is 12.2. The SMILES string of the molecule is C.C.C.CCOc1nc2c(N)nc3nc2n1Cc1cccc(c1)C/C=C/CCCn1ccnc1-3.CCOc1nc2c(N)nc3nc2n1Cc1cccc(c1)CCCCCCn1ccnc1-3.CO.Nc1nc2nc3c1[nH]c(=O)n3Cc1cccc(c1)CCCCCCn1ccnc1-2.P. The first-order valence-electron chi connectivity index (χ1n) is 32.1. The highest BCUT2D eigenvalue weighted by atomic mass is 31.0. The number of imidazole rings is 6. The van der Waals surface area contributed by atoms with Crippen LogP contribution >= 0.6 is 9.90 Å². The van der Waals surface area contributed by atoms with Gasteiger partial charge in [0.1, 0.15) is 5.52 Å². The number of aliphatic hydroxyl groups excluding tert-OH is 1. The molecule has 97 heavy (non-hydrogen) atoms. The summed E-state index contributed by atoms with van der Waals surface area (Å²) in [4.78, 5) is 66.0. The van der Waals surface area contributed by atoms with Gasteiger partial charge in [0.25, 0.3) is 12.0 Å². The Hall–Kier alpha value is -10.1. The van der Waals surface area contributed by atoms with Gasteiger partial charge < -0.3 is 50.5 Å². The summed E-state index contributed by atoms with van der Waals surface area (Å²) >= 11 is 0. The Balaban J connectivity index is 0.000000180. The van der Waals surface area contributed by atoms with Crippen molar-refractivity contribution in [2.75, 3.05) is 37.5 Å². The number of aryl methyl sites for hydroxylation is 5. The van der Waals surface area contributed by atoms with Gasteiger partial charge in [-0.05, 0) is 105 Å². The molecule has 12 heterocycles. The largest absolute Gasteiger partial charge is 0.465 e.